The Morgan fingerprint density at radius 1 is 1.00 bits per heavy atom. The van der Waals surface area contributed by atoms with Gasteiger partial charge in [-0.1, -0.05) is 42.1 Å². The summed E-state index contributed by atoms with van der Waals surface area (Å²) in [5, 5.41) is 20.1. The quantitative estimate of drug-likeness (QED) is 0.251. The van der Waals surface area contributed by atoms with Crippen LogP contribution in [0.1, 0.15) is 39.1 Å². The molecule has 0 fully saturated rings. The smallest absolute Gasteiger partial charge is 0.255 e. The molecule has 11 nitrogen and oxygen atoms in total. The van der Waals surface area contributed by atoms with E-state index in [1.54, 1.807) is 61.4 Å². The molecular weight excluding hydrogens is 576 g/mol. The highest BCUT2D eigenvalue weighted by Crippen LogP contribution is 2.42. The molecule has 2 aromatic heterocycles. The van der Waals surface area contributed by atoms with Crippen molar-refractivity contribution < 1.29 is 23.8 Å². The Balaban J connectivity index is 1.29. The third kappa shape index (κ3) is 5.97. The molecule has 1 aliphatic heterocycles. The van der Waals surface area contributed by atoms with Gasteiger partial charge in [0.1, 0.15) is 5.75 Å². The Labute approximate surface area is 251 Å². The maximum Gasteiger partial charge on any atom is 0.255 e. The molecule has 5 rings (SSSR count). The first-order valence-electron chi connectivity index (χ1n) is 13.0. The summed E-state index contributed by atoms with van der Waals surface area (Å²) >= 11 is 2.84. The summed E-state index contributed by atoms with van der Waals surface area (Å²) in [5.74, 6) is 1.81. The van der Waals surface area contributed by atoms with Gasteiger partial charge in [-0.3, -0.25) is 9.59 Å². The minimum atomic E-state index is -0.361. The summed E-state index contributed by atoms with van der Waals surface area (Å²) in [5.41, 5.74) is 2.08. The van der Waals surface area contributed by atoms with Crippen molar-refractivity contribution in [3.8, 4) is 17.2 Å². The number of carbonyl (C=O) groups is 2. The molecular formula is C29H30N6O5S2. The summed E-state index contributed by atoms with van der Waals surface area (Å²) in [7, 11) is 6.49. The van der Waals surface area contributed by atoms with Crippen LogP contribution in [0.3, 0.4) is 0 Å². The van der Waals surface area contributed by atoms with E-state index in [-0.39, 0.29) is 30.2 Å². The molecule has 0 saturated heterocycles. The van der Waals surface area contributed by atoms with E-state index >= 15 is 0 Å². The van der Waals surface area contributed by atoms with Crippen molar-refractivity contribution in [2.75, 3.05) is 27.1 Å². The molecule has 3 heterocycles. The van der Waals surface area contributed by atoms with E-state index in [0.29, 0.717) is 40.2 Å². The van der Waals surface area contributed by atoms with Gasteiger partial charge in [-0.25, -0.2) is 5.01 Å². The zero-order valence-corrected chi connectivity index (χ0v) is 25.2. The maximum absolute atomic E-state index is 13.6. The van der Waals surface area contributed by atoms with Gasteiger partial charge in [0.15, 0.2) is 22.5 Å². The molecule has 13 heteroatoms. The first-order valence-corrected chi connectivity index (χ1v) is 14.9. The molecule has 0 spiro atoms. The molecule has 218 valence electrons. The van der Waals surface area contributed by atoms with Crippen LogP contribution in [0.5, 0.6) is 17.2 Å². The molecule has 0 saturated carbocycles. The van der Waals surface area contributed by atoms with Gasteiger partial charge in [0.05, 0.1) is 55.8 Å². The average molecular weight is 607 g/mol. The molecule has 2 aromatic carbocycles. The van der Waals surface area contributed by atoms with Gasteiger partial charge in [-0.2, -0.15) is 5.10 Å². The molecule has 4 aromatic rings. The van der Waals surface area contributed by atoms with Crippen LogP contribution < -0.4 is 19.5 Å². The van der Waals surface area contributed by atoms with Crippen LogP contribution in [-0.2, 0) is 18.4 Å². The van der Waals surface area contributed by atoms with E-state index in [9.17, 15) is 9.59 Å². The highest BCUT2D eigenvalue weighted by atomic mass is 32.2. The summed E-state index contributed by atoms with van der Waals surface area (Å²) < 4.78 is 18.2. The SMILES string of the molecule is COc1ccccc1C(=O)NCc1nnc(SCC(=O)N2N=C(c3cccs3)C[C@@H]2c2cccc(OC)c2OC)n1C. The Morgan fingerprint density at radius 2 is 1.79 bits per heavy atom. The fraction of sp³-hybridized carbons (Fsp3) is 0.276. The van der Waals surface area contributed by atoms with E-state index in [2.05, 4.69) is 15.5 Å². The second-order valence-electron chi connectivity index (χ2n) is 9.19. The molecule has 0 radical (unpaired) electrons. The second kappa shape index (κ2) is 13.1. The minimum Gasteiger partial charge on any atom is -0.496 e. The third-order valence-electron chi connectivity index (χ3n) is 6.77. The number of hydrogen-bond donors (Lipinski definition) is 1. The largest absolute Gasteiger partial charge is 0.496 e. The van der Waals surface area contributed by atoms with E-state index in [4.69, 9.17) is 19.3 Å². The number of nitrogens with zero attached hydrogens (tertiary/aromatic N) is 5. The number of amides is 2. The van der Waals surface area contributed by atoms with Gasteiger partial charge in [-0.15, -0.1) is 21.5 Å². The molecule has 0 unspecified atom stereocenters. The Bertz CT molecular complexity index is 1600. The van der Waals surface area contributed by atoms with Gasteiger partial charge in [-0.05, 0) is 29.6 Å². The highest BCUT2D eigenvalue weighted by Gasteiger charge is 2.36. The van der Waals surface area contributed by atoms with E-state index in [0.717, 1.165) is 16.2 Å². The highest BCUT2D eigenvalue weighted by molar-refractivity contribution is 7.99. The number of aromatic nitrogens is 3. The monoisotopic (exact) mass is 606 g/mol. The van der Waals surface area contributed by atoms with Crippen molar-refractivity contribution >= 4 is 40.6 Å². The van der Waals surface area contributed by atoms with Gasteiger partial charge < -0.3 is 24.1 Å². The van der Waals surface area contributed by atoms with Gasteiger partial charge in [0.2, 0.25) is 0 Å². The first kappa shape index (κ1) is 29.1. The molecule has 0 aliphatic carbocycles. The number of thiophene rings is 1. The molecule has 42 heavy (non-hydrogen) atoms. The van der Waals surface area contributed by atoms with Crippen LogP contribution in [0, 0.1) is 0 Å². The van der Waals surface area contributed by atoms with Crippen molar-refractivity contribution in [2.45, 2.75) is 24.2 Å². The van der Waals surface area contributed by atoms with Crippen molar-refractivity contribution in [1.29, 1.82) is 0 Å². The summed E-state index contributed by atoms with van der Waals surface area (Å²) in [6, 6.07) is 16.2. The summed E-state index contributed by atoms with van der Waals surface area (Å²) in [4.78, 5) is 27.3. The topological polar surface area (TPSA) is 120 Å². The van der Waals surface area contributed by atoms with Crippen molar-refractivity contribution in [3.05, 3.63) is 81.8 Å². The lowest BCUT2D eigenvalue weighted by Gasteiger charge is -2.24. The zero-order chi connectivity index (χ0) is 29.6. The number of benzene rings is 2. The summed E-state index contributed by atoms with van der Waals surface area (Å²) in [6.45, 7) is 0.160. The van der Waals surface area contributed by atoms with Crippen molar-refractivity contribution in [3.63, 3.8) is 0 Å². The van der Waals surface area contributed by atoms with Gasteiger partial charge in [0.25, 0.3) is 11.8 Å². The maximum atomic E-state index is 13.6. The molecule has 2 amide bonds. The van der Waals surface area contributed by atoms with Crippen LogP contribution in [0.15, 0.2) is 70.2 Å². The Kier molecular flexibility index (Phi) is 9.08. The van der Waals surface area contributed by atoms with Crippen LogP contribution in [0.2, 0.25) is 0 Å². The second-order valence-corrected chi connectivity index (χ2v) is 11.1. The van der Waals surface area contributed by atoms with E-state index in [1.807, 2.05) is 35.7 Å². The lowest BCUT2D eigenvalue weighted by Crippen LogP contribution is -2.29. The number of rotatable bonds is 11. The number of hydrogen-bond acceptors (Lipinski definition) is 10. The van der Waals surface area contributed by atoms with E-state index in [1.165, 1.54) is 23.9 Å². The molecule has 1 aliphatic rings. The number of ether oxygens (including phenoxy) is 3. The van der Waals surface area contributed by atoms with Crippen LogP contribution in [0.4, 0.5) is 0 Å². The van der Waals surface area contributed by atoms with Gasteiger partial charge in [0, 0.05) is 19.0 Å². The lowest BCUT2D eigenvalue weighted by atomic mass is 9.99. The first-order chi connectivity index (χ1) is 20.4. The Hall–Kier alpha value is -4.36. The van der Waals surface area contributed by atoms with Crippen LogP contribution in [-0.4, -0.2) is 64.4 Å². The Morgan fingerprint density at radius 3 is 2.52 bits per heavy atom. The van der Waals surface area contributed by atoms with E-state index < -0.39 is 0 Å². The predicted octanol–water partition coefficient (Wildman–Crippen LogP) is 4.30. The lowest BCUT2D eigenvalue weighted by molar-refractivity contribution is -0.130. The molecule has 0 bridgehead atoms. The fourth-order valence-corrected chi connectivity index (χ4v) is 6.16. The number of nitrogens with one attached hydrogen (secondary N) is 1. The predicted molar refractivity (Wildman–Crippen MR) is 160 cm³/mol. The third-order valence-corrected chi connectivity index (χ3v) is 8.70. The van der Waals surface area contributed by atoms with Crippen molar-refractivity contribution in [1.82, 2.24) is 25.1 Å². The average Bonchev–Trinajstić information content (AvgIpc) is 3.79. The normalized spacial score (nSPS) is 14.4. The standard InChI is InChI=1S/C29H30N6O5S2/c1-34-25(16-30-28(37)19-9-5-6-11-22(19)38-2)31-32-29(34)42-17-26(36)35-21(15-20(33-35)24-13-8-14-41-24)18-10-7-12-23(39-3)27(18)40-4/h5-14,21H,15-17H2,1-4H3,(H,30,37)/t21-/m1/s1. The number of thioether (sulfide) groups is 1. The number of carbonyl (C=O) groups excluding carboxylic acids is 2. The van der Waals surface area contributed by atoms with Crippen LogP contribution in [0.25, 0.3) is 0 Å². The molecule has 1 N–H and O–H groups in total. The van der Waals surface area contributed by atoms with Gasteiger partial charge >= 0.3 is 0 Å². The minimum absolute atomic E-state index is 0.0869. The number of hydrazone groups is 1. The zero-order valence-electron chi connectivity index (χ0n) is 23.6. The summed E-state index contributed by atoms with van der Waals surface area (Å²) in [6.07, 6.45) is 0.542. The molecule has 1 atom stereocenters. The fourth-order valence-electron chi connectivity index (χ4n) is 4.65. The van der Waals surface area contributed by atoms with Crippen molar-refractivity contribution in [2.24, 2.45) is 12.1 Å². The van der Waals surface area contributed by atoms with Crippen LogP contribution >= 0.6 is 23.1 Å². The number of para-hydroxylation sites is 2. The number of methoxy groups -OCH3 is 3.